The summed E-state index contributed by atoms with van der Waals surface area (Å²) >= 11 is 0. The van der Waals surface area contributed by atoms with E-state index in [1.165, 1.54) is 0 Å². The second-order valence-corrected chi connectivity index (χ2v) is 1.42. The molecule has 0 amide bonds. The van der Waals surface area contributed by atoms with E-state index >= 15 is 0 Å². The van der Waals surface area contributed by atoms with Gasteiger partial charge in [-0.1, -0.05) is 0 Å². The van der Waals surface area contributed by atoms with Crippen LogP contribution < -0.4 is 0 Å². The molecule has 3 nitrogen and oxygen atoms in total. The van der Waals surface area contributed by atoms with E-state index < -0.39 is 0 Å². The van der Waals surface area contributed by atoms with Crippen molar-refractivity contribution in [2.45, 2.75) is 0 Å². The zero-order chi connectivity index (χ0) is 6.85. The number of rotatable bonds is 0. The third-order valence-corrected chi connectivity index (χ3v) is 0.683. The lowest BCUT2D eigenvalue weighted by Gasteiger charge is -2.18. The van der Waals surface area contributed by atoms with Crippen LogP contribution in [0.25, 0.3) is 0 Å². The standard InChI is InChI=1S/C6H6O3/c1-4-7-5(2)9-6(3)8-4/h1-3H2. The molecule has 0 saturated carbocycles. The normalized spacial score (nSPS) is 18.0. The molecule has 9 heavy (non-hydrogen) atoms. The molecule has 0 unspecified atom stereocenters. The monoisotopic (exact) mass is 126 g/mol. The molecule has 0 bridgehead atoms. The molecular weight excluding hydrogens is 120 g/mol. The summed E-state index contributed by atoms with van der Waals surface area (Å²) in [6.45, 7) is 10.1. The maximum atomic E-state index is 4.66. The Kier molecular flexibility index (Phi) is 1.18. The molecule has 1 heterocycles. The van der Waals surface area contributed by atoms with Gasteiger partial charge in [0.25, 0.3) is 17.8 Å². The Bertz CT molecular complexity index is 135. The van der Waals surface area contributed by atoms with Gasteiger partial charge in [0.05, 0.1) is 0 Å². The van der Waals surface area contributed by atoms with Gasteiger partial charge in [-0.2, -0.15) is 0 Å². The summed E-state index contributed by atoms with van der Waals surface area (Å²) in [7, 11) is 0. The van der Waals surface area contributed by atoms with Crippen LogP contribution in [-0.2, 0) is 14.2 Å². The fourth-order valence-electron chi connectivity index (χ4n) is 0.443. The predicted octanol–water partition coefficient (Wildman–Crippen LogP) is 1.46. The van der Waals surface area contributed by atoms with Crippen LogP contribution in [0, 0.1) is 0 Å². The highest BCUT2D eigenvalue weighted by atomic mass is 16.8. The molecule has 1 aliphatic rings. The Labute approximate surface area is 52.8 Å². The van der Waals surface area contributed by atoms with Crippen molar-refractivity contribution in [1.82, 2.24) is 0 Å². The Morgan fingerprint density at radius 1 is 0.667 bits per heavy atom. The molecule has 0 atom stereocenters. The second kappa shape index (κ2) is 1.85. The molecule has 1 saturated heterocycles. The second-order valence-electron chi connectivity index (χ2n) is 1.42. The fourth-order valence-corrected chi connectivity index (χ4v) is 0.443. The lowest BCUT2D eigenvalue weighted by Crippen LogP contribution is -2.07. The van der Waals surface area contributed by atoms with Gasteiger partial charge in [0.2, 0.25) is 0 Å². The van der Waals surface area contributed by atoms with Gasteiger partial charge in [0, 0.05) is 0 Å². The number of hydrogen-bond acceptors (Lipinski definition) is 3. The van der Waals surface area contributed by atoms with Gasteiger partial charge in [0.15, 0.2) is 0 Å². The van der Waals surface area contributed by atoms with Crippen molar-refractivity contribution < 1.29 is 14.2 Å². The van der Waals surface area contributed by atoms with Crippen molar-refractivity contribution in [3.05, 3.63) is 37.6 Å². The first-order valence-electron chi connectivity index (χ1n) is 2.29. The summed E-state index contributed by atoms with van der Waals surface area (Å²) in [5.74, 6) is 0.406. The zero-order valence-corrected chi connectivity index (χ0v) is 4.85. The van der Waals surface area contributed by atoms with Crippen molar-refractivity contribution >= 4 is 0 Å². The molecule has 3 heteroatoms. The van der Waals surface area contributed by atoms with Gasteiger partial charge in [-0.3, -0.25) is 0 Å². The SMILES string of the molecule is C=C1OC(=C)OC(=C)O1. The Morgan fingerprint density at radius 3 is 1.11 bits per heavy atom. The zero-order valence-electron chi connectivity index (χ0n) is 4.85. The smallest absolute Gasteiger partial charge is 0.287 e. The molecule has 1 fully saturated rings. The molecule has 0 aromatic heterocycles. The maximum absolute atomic E-state index is 4.66. The van der Waals surface area contributed by atoms with Crippen LogP contribution in [0.2, 0.25) is 0 Å². The van der Waals surface area contributed by atoms with Gasteiger partial charge in [-0.25, -0.2) is 0 Å². The molecule has 0 N–H and O–H groups in total. The van der Waals surface area contributed by atoms with Gasteiger partial charge in [-0.05, 0) is 19.7 Å². The Morgan fingerprint density at radius 2 is 0.889 bits per heavy atom. The molecule has 0 aliphatic carbocycles. The van der Waals surface area contributed by atoms with Gasteiger partial charge < -0.3 is 14.2 Å². The van der Waals surface area contributed by atoms with Crippen LogP contribution in [0.1, 0.15) is 0 Å². The van der Waals surface area contributed by atoms with Crippen LogP contribution in [-0.4, -0.2) is 0 Å². The average Bonchev–Trinajstić information content (AvgIpc) is 1.59. The maximum Gasteiger partial charge on any atom is 0.287 e. The van der Waals surface area contributed by atoms with Gasteiger partial charge in [-0.15, -0.1) is 0 Å². The first-order valence-corrected chi connectivity index (χ1v) is 2.29. The van der Waals surface area contributed by atoms with Crippen molar-refractivity contribution in [1.29, 1.82) is 0 Å². The third-order valence-electron chi connectivity index (χ3n) is 0.683. The quantitative estimate of drug-likeness (QED) is 0.491. The third kappa shape index (κ3) is 1.25. The van der Waals surface area contributed by atoms with Crippen LogP contribution in [0.15, 0.2) is 37.6 Å². The van der Waals surface area contributed by atoms with E-state index in [4.69, 9.17) is 0 Å². The molecule has 1 aliphatic heterocycles. The summed E-state index contributed by atoms with van der Waals surface area (Å²) < 4.78 is 14.0. The minimum Gasteiger partial charge on any atom is -0.393 e. The van der Waals surface area contributed by atoms with Crippen LogP contribution in [0.3, 0.4) is 0 Å². The van der Waals surface area contributed by atoms with E-state index in [0.717, 1.165) is 0 Å². The molecule has 0 spiro atoms. The molecule has 1 rings (SSSR count). The summed E-state index contributed by atoms with van der Waals surface area (Å²) in [5.41, 5.74) is 0. The van der Waals surface area contributed by atoms with E-state index in [0.29, 0.717) is 0 Å². The van der Waals surface area contributed by atoms with Crippen molar-refractivity contribution in [2.75, 3.05) is 0 Å². The first-order chi connectivity index (χ1) is 4.18. The van der Waals surface area contributed by atoms with Crippen LogP contribution in [0.4, 0.5) is 0 Å². The molecule has 48 valence electrons. The van der Waals surface area contributed by atoms with Gasteiger partial charge >= 0.3 is 0 Å². The summed E-state index contributed by atoms with van der Waals surface area (Å²) in [4.78, 5) is 0. The fraction of sp³-hybridized carbons (Fsp3) is 0. The highest BCUT2D eigenvalue weighted by Gasteiger charge is 2.12. The molecule has 0 radical (unpaired) electrons. The Balaban J connectivity index is 2.64. The summed E-state index contributed by atoms with van der Waals surface area (Å²) in [6.07, 6.45) is 0. The van der Waals surface area contributed by atoms with E-state index in [-0.39, 0.29) is 17.8 Å². The van der Waals surface area contributed by atoms with E-state index in [1.807, 2.05) is 0 Å². The average molecular weight is 126 g/mol. The van der Waals surface area contributed by atoms with Crippen LogP contribution >= 0.6 is 0 Å². The largest absolute Gasteiger partial charge is 0.393 e. The van der Waals surface area contributed by atoms with Crippen molar-refractivity contribution in [2.24, 2.45) is 0 Å². The van der Waals surface area contributed by atoms with E-state index in [2.05, 4.69) is 33.9 Å². The van der Waals surface area contributed by atoms with E-state index in [1.54, 1.807) is 0 Å². The van der Waals surface area contributed by atoms with Gasteiger partial charge in [0.1, 0.15) is 0 Å². The van der Waals surface area contributed by atoms with E-state index in [9.17, 15) is 0 Å². The van der Waals surface area contributed by atoms with Crippen LogP contribution in [0.5, 0.6) is 0 Å². The Hall–Kier alpha value is -1.38. The number of hydrogen-bond donors (Lipinski definition) is 0. The highest BCUT2D eigenvalue weighted by molar-refractivity contribution is 4.92. The topological polar surface area (TPSA) is 27.7 Å². The van der Waals surface area contributed by atoms with Crippen molar-refractivity contribution in [3.63, 3.8) is 0 Å². The minimum atomic E-state index is 0.135. The predicted molar refractivity (Wildman–Crippen MR) is 30.7 cm³/mol. The summed E-state index contributed by atoms with van der Waals surface area (Å²) in [5, 5.41) is 0. The van der Waals surface area contributed by atoms with Crippen molar-refractivity contribution in [3.8, 4) is 0 Å². The number of ether oxygens (including phenoxy) is 3. The highest BCUT2D eigenvalue weighted by Crippen LogP contribution is 2.19. The first kappa shape index (κ1) is 5.75. The molecular formula is C6H6O3. The summed E-state index contributed by atoms with van der Waals surface area (Å²) in [6, 6.07) is 0. The lowest BCUT2D eigenvalue weighted by molar-refractivity contribution is -0.0735. The lowest BCUT2D eigenvalue weighted by atomic mass is 10.8. The molecule has 0 aromatic rings. The minimum absolute atomic E-state index is 0.135. The molecule has 0 aromatic carbocycles.